The van der Waals surface area contributed by atoms with E-state index in [1.807, 2.05) is 50.5 Å². The van der Waals surface area contributed by atoms with E-state index in [2.05, 4.69) is 10.3 Å². The highest BCUT2D eigenvalue weighted by molar-refractivity contribution is 7.71. The van der Waals surface area contributed by atoms with Crippen LogP contribution in [0.15, 0.2) is 18.2 Å². The molecule has 0 aliphatic rings. The first-order valence-electron chi connectivity index (χ1n) is 6.26. The van der Waals surface area contributed by atoms with Gasteiger partial charge in [-0.3, -0.25) is 4.79 Å². The molecule has 0 aliphatic heterocycles. The van der Waals surface area contributed by atoms with Crippen LogP contribution in [0, 0.1) is 11.7 Å². The van der Waals surface area contributed by atoms with Gasteiger partial charge in [0, 0.05) is 5.54 Å². The first kappa shape index (κ1) is 13.8. The third-order valence-corrected chi connectivity index (χ3v) is 3.07. The van der Waals surface area contributed by atoms with Crippen molar-refractivity contribution in [3.63, 3.8) is 0 Å². The Kier molecular flexibility index (Phi) is 3.49. The predicted molar refractivity (Wildman–Crippen MR) is 79.8 cm³/mol. The van der Waals surface area contributed by atoms with Crippen molar-refractivity contribution in [2.75, 3.05) is 0 Å². The molecule has 0 atom stereocenters. The number of hydrogen-bond donors (Lipinski definition) is 2. The van der Waals surface area contributed by atoms with Gasteiger partial charge in [-0.2, -0.15) is 0 Å². The highest BCUT2D eigenvalue weighted by Gasteiger charge is 2.15. The van der Waals surface area contributed by atoms with Gasteiger partial charge in [-0.15, -0.1) is 0 Å². The Hall–Kier alpha value is -1.62. The molecule has 5 heteroatoms. The van der Waals surface area contributed by atoms with Gasteiger partial charge in [-0.05, 0) is 57.6 Å². The van der Waals surface area contributed by atoms with E-state index in [4.69, 9.17) is 12.2 Å². The summed E-state index contributed by atoms with van der Waals surface area (Å²) in [6.07, 6.45) is 0. The molecule has 0 aliphatic carbocycles. The smallest absolute Gasteiger partial charge is 0.240 e. The monoisotopic (exact) mass is 277 g/mol. The summed E-state index contributed by atoms with van der Waals surface area (Å²) in [6.45, 7) is 8.15. The predicted octanol–water partition coefficient (Wildman–Crippen LogP) is 2.92. The van der Waals surface area contributed by atoms with E-state index >= 15 is 0 Å². The number of amides is 1. The number of aromatic amines is 1. The lowest BCUT2D eigenvalue weighted by Crippen LogP contribution is -2.42. The van der Waals surface area contributed by atoms with Crippen LogP contribution in [0.25, 0.3) is 11.0 Å². The summed E-state index contributed by atoms with van der Waals surface area (Å²) < 4.78 is 2.40. The molecule has 4 nitrogen and oxygen atoms in total. The van der Waals surface area contributed by atoms with Gasteiger partial charge < -0.3 is 14.9 Å². The molecular formula is C14H19N3OS. The number of rotatable bonds is 2. The summed E-state index contributed by atoms with van der Waals surface area (Å²) >= 11 is 5.28. The van der Waals surface area contributed by atoms with Crippen LogP contribution in [0.3, 0.4) is 0 Å². The molecule has 0 saturated heterocycles. The Bertz CT molecular complexity index is 676. The zero-order chi connectivity index (χ0) is 14.2. The van der Waals surface area contributed by atoms with Gasteiger partial charge in [0.25, 0.3) is 0 Å². The van der Waals surface area contributed by atoms with Gasteiger partial charge in [0.2, 0.25) is 5.91 Å². The van der Waals surface area contributed by atoms with Crippen LogP contribution in [0.2, 0.25) is 0 Å². The number of imidazole rings is 1. The fraction of sp³-hybridized carbons (Fsp3) is 0.429. The molecule has 0 unspecified atom stereocenters. The van der Waals surface area contributed by atoms with Crippen molar-refractivity contribution in [3.05, 3.63) is 28.5 Å². The van der Waals surface area contributed by atoms with E-state index in [0.717, 1.165) is 16.6 Å². The molecule has 102 valence electrons. The van der Waals surface area contributed by atoms with Gasteiger partial charge in [0.05, 0.1) is 11.0 Å². The highest BCUT2D eigenvalue weighted by Crippen LogP contribution is 2.15. The van der Waals surface area contributed by atoms with Crippen molar-refractivity contribution in [2.24, 2.45) is 0 Å². The molecule has 1 heterocycles. The molecule has 0 bridgehead atoms. The maximum Gasteiger partial charge on any atom is 0.240 e. The topological polar surface area (TPSA) is 49.8 Å². The number of nitrogens with zero attached hydrogens (tertiary/aromatic N) is 1. The van der Waals surface area contributed by atoms with E-state index in [1.165, 1.54) is 0 Å². The molecule has 0 saturated carbocycles. The van der Waals surface area contributed by atoms with Gasteiger partial charge in [0.15, 0.2) is 4.77 Å². The Labute approximate surface area is 117 Å². The number of fused-ring (bicyclic) bond motifs is 1. The summed E-state index contributed by atoms with van der Waals surface area (Å²) in [7, 11) is 0. The average molecular weight is 277 g/mol. The number of nitrogens with one attached hydrogen (secondary N) is 2. The molecule has 0 radical (unpaired) electrons. The lowest BCUT2D eigenvalue weighted by Gasteiger charge is -2.20. The van der Waals surface area contributed by atoms with Crippen LogP contribution in [-0.4, -0.2) is 21.0 Å². The second-order valence-electron chi connectivity index (χ2n) is 5.84. The van der Waals surface area contributed by atoms with Gasteiger partial charge in [0.1, 0.15) is 6.54 Å². The Morgan fingerprint density at radius 3 is 2.74 bits per heavy atom. The third kappa shape index (κ3) is 3.23. The quantitative estimate of drug-likeness (QED) is 0.829. The minimum atomic E-state index is -0.234. The maximum absolute atomic E-state index is 12.0. The molecule has 1 aromatic carbocycles. The normalized spacial score (nSPS) is 11.8. The van der Waals surface area contributed by atoms with E-state index in [1.54, 1.807) is 0 Å². The lowest BCUT2D eigenvalue weighted by atomic mass is 10.1. The van der Waals surface area contributed by atoms with Gasteiger partial charge in [-0.1, -0.05) is 6.07 Å². The number of carbonyl (C=O) groups is 1. The molecule has 1 amide bonds. The molecular weight excluding hydrogens is 258 g/mol. The minimum Gasteiger partial charge on any atom is -0.350 e. The molecule has 19 heavy (non-hydrogen) atoms. The van der Waals surface area contributed by atoms with Gasteiger partial charge >= 0.3 is 0 Å². The van der Waals surface area contributed by atoms with Crippen LogP contribution in [0.4, 0.5) is 0 Å². The first-order chi connectivity index (χ1) is 8.76. The number of carbonyl (C=O) groups excluding carboxylic acids is 1. The fourth-order valence-corrected chi connectivity index (χ4v) is 2.31. The largest absolute Gasteiger partial charge is 0.350 e. The summed E-state index contributed by atoms with van der Waals surface area (Å²) in [5.74, 6) is -0.0370. The van der Waals surface area contributed by atoms with Gasteiger partial charge in [-0.25, -0.2) is 0 Å². The highest BCUT2D eigenvalue weighted by atomic mass is 32.1. The van der Waals surface area contributed by atoms with Crippen LogP contribution in [-0.2, 0) is 11.3 Å². The first-order valence-corrected chi connectivity index (χ1v) is 6.67. The summed E-state index contributed by atoms with van der Waals surface area (Å²) in [5, 5.41) is 2.94. The summed E-state index contributed by atoms with van der Waals surface area (Å²) in [4.78, 5) is 15.1. The number of benzene rings is 1. The SMILES string of the molecule is Cc1ccc2c(c1)[nH]c(=S)n2CC(=O)NC(C)(C)C. The second kappa shape index (κ2) is 4.81. The van der Waals surface area contributed by atoms with Crippen LogP contribution in [0.1, 0.15) is 26.3 Å². The van der Waals surface area contributed by atoms with Crippen LogP contribution in [0.5, 0.6) is 0 Å². The summed E-state index contributed by atoms with van der Waals surface area (Å²) in [6, 6.07) is 6.04. The van der Waals surface area contributed by atoms with Crippen molar-refractivity contribution < 1.29 is 4.79 Å². The van der Waals surface area contributed by atoms with Crippen LogP contribution < -0.4 is 5.32 Å². The lowest BCUT2D eigenvalue weighted by molar-refractivity contribution is -0.123. The molecule has 1 aromatic heterocycles. The molecule has 0 spiro atoms. The molecule has 0 fully saturated rings. The standard InChI is InChI=1S/C14H19N3OS/c1-9-5-6-11-10(7-9)15-13(19)17(11)8-12(18)16-14(2,3)4/h5-7H,8H2,1-4H3,(H,15,19)(H,16,18). The van der Waals surface area contributed by atoms with Crippen molar-refractivity contribution in [3.8, 4) is 0 Å². The Balaban J connectivity index is 2.33. The second-order valence-corrected chi connectivity index (χ2v) is 6.22. The minimum absolute atomic E-state index is 0.0370. The van der Waals surface area contributed by atoms with E-state index < -0.39 is 0 Å². The zero-order valence-electron chi connectivity index (χ0n) is 11.7. The fourth-order valence-electron chi connectivity index (χ4n) is 2.04. The van der Waals surface area contributed by atoms with Crippen molar-refractivity contribution >= 4 is 29.2 Å². The van der Waals surface area contributed by atoms with Crippen molar-refractivity contribution in [2.45, 2.75) is 39.8 Å². The van der Waals surface area contributed by atoms with E-state index in [-0.39, 0.29) is 18.0 Å². The molecule has 2 N–H and O–H groups in total. The summed E-state index contributed by atoms with van der Waals surface area (Å²) in [5.41, 5.74) is 2.85. The third-order valence-electron chi connectivity index (χ3n) is 2.75. The Morgan fingerprint density at radius 2 is 2.11 bits per heavy atom. The van der Waals surface area contributed by atoms with Crippen molar-refractivity contribution in [1.29, 1.82) is 0 Å². The number of hydrogen-bond acceptors (Lipinski definition) is 2. The zero-order valence-corrected chi connectivity index (χ0v) is 12.5. The molecule has 2 aromatic rings. The average Bonchev–Trinajstić information content (AvgIpc) is 2.51. The number of aromatic nitrogens is 2. The van der Waals surface area contributed by atoms with Crippen LogP contribution >= 0.6 is 12.2 Å². The number of H-pyrrole nitrogens is 1. The van der Waals surface area contributed by atoms with E-state index in [9.17, 15) is 4.79 Å². The van der Waals surface area contributed by atoms with E-state index in [0.29, 0.717) is 4.77 Å². The maximum atomic E-state index is 12.0. The Morgan fingerprint density at radius 1 is 1.42 bits per heavy atom. The molecule has 2 rings (SSSR count). The number of aryl methyl sites for hydroxylation is 1. The van der Waals surface area contributed by atoms with Crippen molar-refractivity contribution in [1.82, 2.24) is 14.9 Å².